The molecule has 0 saturated carbocycles. The van der Waals surface area contributed by atoms with E-state index >= 15 is 0 Å². The van der Waals surface area contributed by atoms with Crippen LogP contribution in [0.25, 0.3) is 0 Å². The normalized spacial score (nSPS) is 10.5. The molecule has 1 amide bonds. The highest BCUT2D eigenvalue weighted by molar-refractivity contribution is 5.92. The van der Waals surface area contributed by atoms with Crippen LogP contribution in [-0.2, 0) is 9.63 Å². The van der Waals surface area contributed by atoms with Crippen molar-refractivity contribution in [3.63, 3.8) is 0 Å². The van der Waals surface area contributed by atoms with Crippen LogP contribution in [0.3, 0.4) is 0 Å². The van der Waals surface area contributed by atoms with Crippen LogP contribution in [0.5, 0.6) is 11.5 Å². The van der Waals surface area contributed by atoms with Crippen LogP contribution in [0.2, 0.25) is 0 Å². The Kier molecular flexibility index (Phi) is 6.19. The quantitative estimate of drug-likeness (QED) is 0.626. The van der Waals surface area contributed by atoms with Gasteiger partial charge in [0, 0.05) is 11.8 Å². The van der Waals surface area contributed by atoms with E-state index in [2.05, 4.69) is 10.5 Å². The molecule has 0 saturated heterocycles. The van der Waals surface area contributed by atoms with E-state index in [0.29, 0.717) is 17.2 Å². The highest BCUT2D eigenvalue weighted by atomic mass is 16.6. The maximum absolute atomic E-state index is 11.8. The number of aryl methyl sites for hydroxylation is 1. The lowest BCUT2D eigenvalue weighted by Gasteiger charge is -2.10. The van der Waals surface area contributed by atoms with Gasteiger partial charge in [-0.05, 0) is 24.6 Å². The smallest absolute Gasteiger partial charge is 0.265 e. The summed E-state index contributed by atoms with van der Waals surface area (Å²) >= 11 is 0. The summed E-state index contributed by atoms with van der Waals surface area (Å²) in [6.07, 6.45) is 1.56. The van der Waals surface area contributed by atoms with Crippen LogP contribution in [0.15, 0.2) is 47.6 Å². The number of carbonyl (C=O) groups excluding carboxylic acids is 1. The minimum absolute atomic E-state index is 0.184. The minimum Gasteiger partial charge on any atom is -0.493 e. The van der Waals surface area contributed by atoms with E-state index in [1.165, 1.54) is 12.7 Å². The number of hydrogen-bond donors (Lipinski definition) is 1. The molecule has 1 N–H and O–H groups in total. The lowest BCUT2D eigenvalue weighted by atomic mass is 10.2. The molecule has 2 aromatic carbocycles. The molecule has 0 heterocycles. The van der Waals surface area contributed by atoms with Crippen LogP contribution >= 0.6 is 0 Å². The minimum atomic E-state index is -0.316. The Bertz CT molecular complexity index is 711. The van der Waals surface area contributed by atoms with Crippen molar-refractivity contribution in [2.24, 2.45) is 5.16 Å². The Balaban J connectivity index is 1.84. The lowest BCUT2D eigenvalue weighted by Crippen LogP contribution is -2.17. The van der Waals surface area contributed by atoms with Gasteiger partial charge in [-0.1, -0.05) is 35.0 Å². The van der Waals surface area contributed by atoms with Crippen molar-refractivity contribution in [3.8, 4) is 11.5 Å². The molecule has 0 aliphatic rings. The van der Waals surface area contributed by atoms with Crippen LogP contribution in [0.4, 0.5) is 5.69 Å². The molecular formula is C18H20N2O4. The van der Waals surface area contributed by atoms with E-state index in [1.807, 2.05) is 31.2 Å². The van der Waals surface area contributed by atoms with E-state index in [1.54, 1.807) is 31.5 Å². The number of ether oxygens (including phenoxy) is 2. The van der Waals surface area contributed by atoms with Gasteiger partial charge in [-0.2, -0.15) is 0 Å². The molecule has 0 aliphatic carbocycles. The van der Waals surface area contributed by atoms with Crippen LogP contribution in [0, 0.1) is 6.92 Å². The molecule has 6 heteroatoms. The zero-order valence-corrected chi connectivity index (χ0v) is 13.9. The van der Waals surface area contributed by atoms with E-state index in [0.717, 1.165) is 5.56 Å². The molecule has 6 nitrogen and oxygen atoms in total. The third-order valence-electron chi connectivity index (χ3n) is 3.22. The number of benzene rings is 2. The van der Waals surface area contributed by atoms with Gasteiger partial charge >= 0.3 is 0 Å². The topological polar surface area (TPSA) is 69.2 Å². The number of nitrogens with zero attached hydrogens (tertiary/aromatic N) is 1. The predicted molar refractivity (Wildman–Crippen MR) is 92.9 cm³/mol. The fraction of sp³-hybridized carbons (Fsp3) is 0.222. The van der Waals surface area contributed by atoms with E-state index in [-0.39, 0.29) is 12.5 Å². The number of rotatable bonds is 7. The second kappa shape index (κ2) is 8.57. The first-order valence-corrected chi connectivity index (χ1v) is 7.36. The summed E-state index contributed by atoms with van der Waals surface area (Å²) in [5, 5.41) is 6.48. The Morgan fingerprint density at radius 3 is 2.46 bits per heavy atom. The maximum atomic E-state index is 11.8. The average Bonchev–Trinajstić information content (AvgIpc) is 2.60. The summed E-state index contributed by atoms with van der Waals surface area (Å²) in [6, 6.07) is 12.9. The Labute approximate surface area is 141 Å². The summed E-state index contributed by atoms with van der Waals surface area (Å²) < 4.78 is 10.3. The fourth-order valence-electron chi connectivity index (χ4n) is 1.96. The SMILES string of the molecule is COc1ccc(NC(=O)CO/N=C\c2ccc(C)cc2)cc1OC. The second-order valence-electron chi connectivity index (χ2n) is 5.04. The fourth-order valence-corrected chi connectivity index (χ4v) is 1.96. The summed E-state index contributed by atoms with van der Waals surface area (Å²) in [4.78, 5) is 16.8. The van der Waals surface area contributed by atoms with Crippen molar-refractivity contribution in [1.29, 1.82) is 0 Å². The number of nitrogens with one attached hydrogen (secondary N) is 1. The number of amides is 1. The maximum Gasteiger partial charge on any atom is 0.265 e. The van der Waals surface area contributed by atoms with Crippen molar-refractivity contribution < 1.29 is 19.1 Å². The van der Waals surface area contributed by atoms with Gasteiger partial charge in [0.25, 0.3) is 5.91 Å². The monoisotopic (exact) mass is 328 g/mol. The van der Waals surface area contributed by atoms with Gasteiger partial charge in [0.15, 0.2) is 18.1 Å². The first-order valence-electron chi connectivity index (χ1n) is 7.36. The standard InChI is InChI=1S/C18H20N2O4/c1-13-4-6-14(7-5-13)11-19-24-12-18(21)20-15-8-9-16(22-2)17(10-15)23-3/h4-11H,12H2,1-3H3,(H,20,21)/b19-11-. The Morgan fingerprint density at radius 1 is 1.08 bits per heavy atom. The molecule has 2 rings (SSSR count). The van der Waals surface area contributed by atoms with Gasteiger partial charge in [0.1, 0.15) is 0 Å². The molecule has 24 heavy (non-hydrogen) atoms. The first-order chi connectivity index (χ1) is 11.6. The van der Waals surface area contributed by atoms with Gasteiger partial charge < -0.3 is 19.6 Å². The highest BCUT2D eigenvalue weighted by Crippen LogP contribution is 2.29. The molecule has 0 bridgehead atoms. The number of oxime groups is 1. The molecule has 0 unspecified atom stereocenters. The molecule has 0 radical (unpaired) electrons. The number of anilines is 1. The van der Waals surface area contributed by atoms with Gasteiger partial charge in [0.2, 0.25) is 0 Å². The highest BCUT2D eigenvalue weighted by Gasteiger charge is 2.07. The van der Waals surface area contributed by atoms with Crippen molar-refractivity contribution in [1.82, 2.24) is 0 Å². The summed E-state index contributed by atoms with van der Waals surface area (Å²) in [7, 11) is 3.09. The van der Waals surface area contributed by atoms with Crippen LogP contribution in [0.1, 0.15) is 11.1 Å². The summed E-state index contributed by atoms with van der Waals surface area (Å²) in [5.41, 5.74) is 2.66. The third kappa shape index (κ3) is 5.01. The molecular weight excluding hydrogens is 308 g/mol. The van der Waals surface area contributed by atoms with Crippen LogP contribution < -0.4 is 14.8 Å². The zero-order chi connectivity index (χ0) is 17.4. The van der Waals surface area contributed by atoms with E-state index in [9.17, 15) is 4.79 Å². The Morgan fingerprint density at radius 2 is 1.79 bits per heavy atom. The average molecular weight is 328 g/mol. The van der Waals surface area contributed by atoms with Crippen molar-refractivity contribution in [2.45, 2.75) is 6.92 Å². The predicted octanol–water partition coefficient (Wildman–Crippen LogP) is 3.00. The van der Waals surface area contributed by atoms with Gasteiger partial charge in [-0.25, -0.2) is 0 Å². The zero-order valence-electron chi connectivity index (χ0n) is 13.9. The van der Waals surface area contributed by atoms with Crippen molar-refractivity contribution >= 4 is 17.8 Å². The number of hydrogen-bond acceptors (Lipinski definition) is 5. The third-order valence-corrected chi connectivity index (χ3v) is 3.22. The van der Waals surface area contributed by atoms with Crippen molar-refractivity contribution in [2.75, 3.05) is 26.1 Å². The molecule has 0 spiro atoms. The van der Waals surface area contributed by atoms with Crippen molar-refractivity contribution in [3.05, 3.63) is 53.6 Å². The first kappa shape index (κ1) is 17.3. The van der Waals surface area contributed by atoms with Gasteiger partial charge in [-0.15, -0.1) is 0 Å². The summed E-state index contributed by atoms with van der Waals surface area (Å²) in [6.45, 7) is 1.83. The Hall–Kier alpha value is -3.02. The molecule has 0 atom stereocenters. The lowest BCUT2D eigenvalue weighted by molar-refractivity contribution is -0.120. The van der Waals surface area contributed by atoms with Gasteiger partial charge in [0.05, 0.1) is 20.4 Å². The molecule has 126 valence electrons. The molecule has 0 aliphatic heterocycles. The second-order valence-corrected chi connectivity index (χ2v) is 5.04. The van der Waals surface area contributed by atoms with Crippen LogP contribution in [-0.4, -0.2) is 32.9 Å². The molecule has 0 fully saturated rings. The van der Waals surface area contributed by atoms with Gasteiger partial charge in [-0.3, -0.25) is 4.79 Å². The molecule has 0 aromatic heterocycles. The number of carbonyl (C=O) groups is 1. The number of methoxy groups -OCH3 is 2. The largest absolute Gasteiger partial charge is 0.493 e. The van der Waals surface area contributed by atoms with E-state index in [4.69, 9.17) is 14.3 Å². The molecule has 2 aromatic rings. The summed E-state index contributed by atoms with van der Waals surface area (Å²) in [5.74, 6) is 0.811. The van der Waals surface area contributed by atoms with E-state index < -0.39 is 0 Å².